The van der Waals surface area contributed by atoms with Gasteiger partial charge < -0.3 is 15.0 Å². The lowest BCUT2D eigenvalue weighted by molar-refractivity contribution is -0.147. The van der Waals surface area contributed by atoms with Gasteiger partial charge in [0.1, 0.15) is 0 Å². The van der Waals surface area contributed by atoms with Gasteiger partial charge >= 0.3 is 12.0 Å². The van der Waals surface area contributed by atoms with Crippen LogP contribution in [-0.2, 0) is 9.53 Å². The Kier molecular flexibility index (Phi) is 2.31. The first-order valence-corrected chi connectivity index (χ1v) is 4.86. The Balaban J connectivity index is 2.13. The van der Waals surface area contributed by atoms with Crippen molar-refractivity contribution in [1.82, 2.24) is 10.2 Å². The summed E-state index contributed by atoms with van der Waals surface area (Å²) in [7, 11) is 1.39. The summed E-state index contributed by atoms with van der Waals surface area (Å²) in [6.45, 7) is 1.16. The molecule has 2 rings (SSSR count). The Morgan fingerprint density at radius 1 is 1.64 bits per heavy atom. The van der Waals surface area contributed by atoms with Gasteiger partial charge in [-0.15, -0.1) is 0 Å². The second kappa shape index (κ2) is 3.48. The fraction of sp³-hybridized carbons (Fsp3) is 0.778. The molecule has 2 aliphatic rings. The summed E-state index contributed by atoms with van der Waals surface area (Å²) in [5.74, 6) is -0.415. The second-order valence-electron chi connectivity index (χ2n) is 3.72. The maximum Gasteiger partial charge on any atom is 0.317 e. The lowest BCUT2D eigenvalue weighted by Gasteiger charge is -2.35. The van der Waals surface area contributed by atoms with E-state index in [9.17, 15) is 9.59 Å². The van der Waals surface area contributed by atoms with E-state index in [2.05, 4.69) is 5.32 Å². The molecule has 2 saturated heterocycles. The van der Waals surface area contributed by atoms with Crippen molar-refractivity contribution in [2.24, 2.45) is 5.92 Å². The minimum atomic E-state index is -0.220. The number of urea groups is 1. The number of carbonyl (C=O) groups is 2. The quantitative estimate of drug-likeness (QED) is 0.601. The molecule has 78 valence electrons. The van der Waals surface area contributed by atoms with Gasteiger partial charge in [0.2, 0.25) is 0 Å². The minimum absolute atomic E-state index is 0.0485. The summed E-state index contributed by atoms with van der Waals surface area (Å²) < 4.78 is 4.72. The molecule has 0 aromatic rings. The lowest BCUT2D eigenvalue weighted by Crippen LogP contribution is -2.56. The minimum Gasteiger partial charge on any atom is -0.469 e. The molecule has 2 aliphatic heterocycles. The number of ether oxygens (including phenoxy) is 1. The summed E-state index contributed by atoms with van der Waals surface area (Å²) in [4.78, 5) is 24.6. The first kappa shape index (κ1) is 9.30. The van der Waals surface area contributed by atoms with E-state index >= 15 is 0 Å². The molecule has 0 aromatic carbocycles. The Morgan fingerprint density at radius 3 is 3.14 bits per heavy atom. The van der Waals surface area contributed by atoms with E-state index in [-0.39, 0.29) is 24.0 Å². The molecule has 0 saturated carbocycles. The number of hydrogen-bond donors (Lipinski definition) is 1. The predicted octanol–water partition coefficient (Wildman–Crippen LogP) is -0.0368. The number of rotatable bonds is 1. The Bertz CT molecular complexity index is 267. The molecule has 0 aromatic heterocycles. The SMILES string of the molecule is COC(=O)C1CNC(=O)N2CCCC12. The molecule has 0 radical (unpaired) electrons. The number of methoxy groups -OCH3 is 1. The van der Waals surface area contributed by atoms with E-state index in [4.69, 9.17) is 4.74 Å². The van der Waals surface area contributed by atoms with Crippen molar-refractivity contribution >= 4 is 12.0 Å². The summed E-state index contributed by atoms with van der Waals surface area (Å²) in [5, 5.41) is 2.70. The van der Waals surface area contributed by atoms with Gasteiger partial charge in [0, 0.05) is 19.1 Å². The lowest BCUT2D eigenvalue weighted by atomic mass is 9.96. The highest BCUT2D eigenvalue weighted by molar-refractivity contribution is 5.81. The van der Waals surface area contributed by atoms with Gasteiger partial charge in [-0.2, -0.15) is 0 Å². The summed E-state index contributed by atoms with van der Waals surface area (Å²) >= 11 is 0. The second-order valence-corrected chi connectivity index (χ2v) is 3.72. The van der Waals surface area contributed by atoms with Gasteiger partial charge in [-0.1, -0.05) is 0 Å². The van der Waals surface area contributed by atoms with Crippen LogP contribution in [0.15, 0.2) is 0 Å². The van der Waals surface area contributed by atoms with Crippen LogP contribution in [0.2, 0.25) is 0 Å². The molecule has 2 atom stereocenters. The van der Waals surface area contributed by atoms with Crippen molar-refractivity contribution in [3.8, 4) is 0 Å². The van der Waals surface area contributed by atoms with E-state index in [0.29, 0.717) is 6.54 Å². The standard InChI is InChI=1S/C9H14N2O3/c1-14-8(12)6-5-10-9(13)11-4-2-3-7(6)11/h6-7H,2-5H2,1H3,(H,10,13). The highest BCUT2D eigenvalue weighted by atomic mass is 16.5. The molecule has 0 spiro atoms. The van der Waals surface area contributed by atoms with Crippen LogP contribution in [-0.4, -0.2) is 43.1 Å². The van der Waals surface area contributed by atoms with Crippen LogP contribution in [0.3, 0.4) is 0 Å². The van der Waals surface area contributed by atoms with E-state index in [0.717, 1.165) is 19.4 Å². The maximum absolute atomic E-state index is 11.4. The van der Waals surface area contributed by atoms with Crippen LogP contribution in [0.1, 0.15) is 12.8 Å². The normalized spacial score (nSPS) is 30.9. The molecule has 5 heteroatoms. The highest BCUT2D eigenvalue weighted by Crippen LogP contribution is 2.27. The van der Waals surface area contributed by atoms with Crippen molar-refractivity contribution in [2.45, 2.75) is 18.9 Å². The van der Waals surface area contributed by atoms with Crippen molar-refractivity contribution in [2.75, 3.05) is 20.2 Å². The molecule has 14 heavy (non-hydrogen) atoms. The average molecular weight is 198 g/mol. The smallest absolute Gasteiger partial charge is 0.317 e. The number of nitrogens with one attached hydrogen (secondary N) is 1. The zero-order valence-corrected chi connectivity index (χ0v) is 8.16. The maximum atomic E-state index is 11.4. The molecule has 2 heterocycles. The monoisotopic (exact) mass is 198 g/mol. The average Bonchev–Trinajstić information content (AvgIpc) is 2.67. The van der Waals surface area contributed by atoms with Gasteiger partial charge in [-0.3, -0.25) is 4.79 Å². The van der Waals surface area contributed by atoms with E-state index in [1.165, 1.54) is 7.11 Å². The number of fused-ring (bicyclic) bond motifs is 1. The van der Waals surface area contributed by atoms with Crippen LogP contribution in [0.5, 0.6) is 0 Å². The van der Waals surface area contributed by atoms with Gasteiger partial charge in [0.25, 0.3) is 0 Å². The Labute approximate surface area is 82.4 Å². The van der Waals surface area contributed by atoms with Gasteiger partial charge in [0.05, 0.1) is 13.0 Å². The van der Waals surface area contributed by atoms with E-state index in [1.807, 2.05) is 0 Å². The Morgan fingerprint density at radius 2 is 2.43 bits per heavy atom. The van der Waals surface area contributed by atoms with Crippen LogP contribution in [0.4, 0.5) is 4.79 Å². The molecule has 0 aliphatic carbocycles. The topological polar surface area (TPSA) is 58.6 Å². The van der Waals surface area contributed by atoms with Crippen molar-refractivity contribution in [3.05, 3.63) is 0 Å². The molecule has 1 N–H and O–H groups in total. The van der Waals surface area contributed by atoms with Crippen molar-refractivity contribution in [3.63, 3.8) is 0 Å². The van der Waals surface area contributed by atoms with Crippen LogP contribution >= 0.6 is 0 Å². The molecular weight excluding hydrogens is 184 g/mol. The summed E-state index contributed by atoms with van der Waals surface area (Å²) in [6, 6.07) is 0.00357. The molecule has 2 unspecified atom stereocenters. The summed E-state index contributed by atoms with van der Waals surface area (Å²) in [6.07, 6.45) is 1.89. The van der Waals surface area contributed by atoms with Gasteiger partial charge in [-0.25, -0.2) is 4.79 Å². The Hall–Kier alpha value is -1.26. The third-order valence-electron chi connectivity index (χ3n) is 3.00. The van der Waals surface area contributed by atoms with E-state index in [1.54, 1.807) is 4.90 Å². The summed E-state index contributed by atoms with van der Waals surface area (Å²) in [5.41, 5.74) is 0. The number of hydrogen-bond acceptors (Lipinski definition) is 3. The van der Waals surface area contributed by atoms with Crippen molar-refractivity contribution in [1.29, 1.82) is 0 Å². The third-order valence-corrected chi connectivity index (χ3v) is 3.00. The molecule has 2 fully saturated rings. The zero-order valence-electron chi connectivity index (χ0n) is 8.16. The first-order chi connectivity index (χ1) is 6.74. The third kappa shape index (κ3) is 1.32. The van der Waals surface area contributed by atoms with Gasteiger partial charge in [-0.05, 0) is 12.8 Å². The van der Waals surface area contributed by atoms with E-state index < -0.39 is 0 Å². The molecule has 0 bridgehead atoms. The highest BCUT2D eigenvalue weighted by Gasteiger charge is 2.42. The number of amides is 2. The molecular formula is C9H14N2O3. The fourth-order valence-electron chi connectivity index (χ4n) is 2.29. The number of nitrogens with zero attached hydrogens (tertiary/aromatic N) is 1. The van der Waals surface area contributed by atoms with Crippen LogP contribution in [0.25, 0.3) is 0 Å². The molecule has 2 amide bonds. The van der Waals surface area contributed by atoms with Crippen LogP contribution < -0.4 is 5.32 Å². The van der Waals surface area contributed by atoms with Gasteiger partial charge in [0.15, 0.2) is 0 Å². The van der Waals surface area contributed by atoms with Crippen LogP contribution in [0, 0.1) is 5.92 Å². The molecule has 5 nitrogen and oxygen atoms in total. The largest absolute Gasteiger partial charge is 0.469 e. The number of esters is 1. The first-order valence-electron chi connectivity index (χ1n) is 4.86. The zero-order chi connectivity index (χ0) is 10.1. The fourth-order valence-corrected chi connectivity index (χ4v) is 2.29. The predicted molar refractivity (Wildman–Crippen MR) is 48.6 cm³/mol. The van der Waals surface area contributed by atoms with Crippen molar-refractivity contribution < 1.29 is 14.3 Å². The number of carbonyl (C=O) groups excluding carboxylic acids is 2.